The van der Waals surface area contributed by atoms with E-state index >= 15 is 0 Å². The Morgan fingerprint density at radius 3 is 1.97 bits per heavy atom. The maximum Gasteiger partial charge on any atom is 0.118 e. The molecular formula is C30H27NO. The van der Waals surface area contributed by atoms with Crippen molar-refractivity contribution in [2.45, 2.75) is 19.9 Å². The third-order valence-corrected chi connectivity index (χ3v) is 6.28. The Hall–Kier alpha value is -3.78. The van der Waals surface area contributed by atoms with Crippen molar-refractivity contribution in [1.29, 1.82) is 0 Å². The summed E-state index contributed by atoms with van der Waals surface area (Å²) in [6.07, 6.45) is 0.928. The summed E-state index contributed by atoms with van der Waals surface area (Å²) in [7, 11) is 1.70. The van der Waals surface area contributed by atoms with Crippen LogP contribution in [0.25, 0.3) is 22.0 Å². The molecule has 0 aliphatic rings. The molecule has 0 bridgehead atoms. The molecule has 0 atom stereocenters. The van der Waals surface area contributed by atoms with Crippen LogP contribution in [0.5, 0.6) is 5.75 Å². The fourth-order valence-corrected chi connectivity index (χ4v) is 4.51. The molecule has 0 fully saturated rings. The number of rotatable bonds is 6. The lowest BCUT2D eigenvalue weighted by atomic mass is 9.98. The Bertz CT molecular complexity index is 1330. The van der Waals surface area contributed by atoms with E-state index in [9.17, 15) is 0 Å². The summed E-state index contributed by atoms with van der Waals surface area (Å²) in [6.45, 7) is 3.13. The molecule has 0 amide bonds. The van der Waals surface area contributed by atoms with Crippen LogP contribution in [0, 0.1) is 6.92 Å². The van der Waals surface area contributed by atoms with Gasteiger partial charge in [-0.1, -0.05) is 78.9 Å². The molecule has 5 rings (SSSR count). The van der Waals surface area contributed by atoms with Crippen molar-refractivity contribution in [2.75, 3.05) is 7.11 Å². The number of benzene rings is 4. The highest BCUT2D eigenvalue weighted by molar-refractivity contribution is 5.90. The predicted molar refractivity (Wildman–Crippen MR) is 133 cm³/mol. The van der Waals surface area contributed by atoms with Gasteiger partial charge in [-0.2, -0.15) is 0 Å². The minimum absolute atomic E-state index is 0.875. The van der Waals surface area contributed by atoms with E-state index in [-0.39, 0.29) is 0 Å². The molecule has 0 radical (unpaired) electrons. The van der Waals surface area contributed by atoms with Crippen molar-refractivity contribution in [2.24, 2.45) is 0 Å². The second kappa shape index (κ2) is 8.76. The Labute approximate surface area is 189 Å². The van der Waals surface area contributed by atoms with Crippen LogP contribution < -0.4 is 4.74 Å². The van der Waals surface area contributed by atoms with Crippen molar-refractivity contribution in [1.82, 2.24) is 4.57 Å². The first kappa shape index (κ1) is 20.1. The van der Waals surface area contributed by atoms with Gasteiger partial charge in [-0.25, -0.2) is 0 Å². The molecule has 32 heavy (non-hydrogen) atoms. The van der Waals surface area contributed by atoms with Crippen LogP contribution in [0.1, 0.15) is 22.4 Å². The largest absolute Gasteiger partial charge is 0.497 e. The molecule has 158 valence electrons. The van der Waals surface area contributed by atoms with E-state index in [0.717, 1.165) is 18.7 Å². The molecule has 2 heteroatoms. The van der Waals surface area contributed by atoms with Gasteiger partial charge in [0.2, 0.25) is 0 Å². The first-order valence-electron chi connectivity index (χ1n) is 11.1. The summed E-state index contributed by atoms with van der Waals surface area (Å²) in [5.74, 6) is 0.879. The Kier molecular flexibility index (Phi) is 5.51. The number of aromatic nitrogens is 1. The summed E-state index contributed by atoms with van der Waals surface area (Å²) in [4.78, 5) is 0. The van der Waals surface area contributed by atoms with Gasteiger partial charge in [-0.05, 0) is 65.4 Å². The lowest BCUT2D eigenvalue weighted by Crippen LogP contribution is -2.02. The van der Waals surface area contributed by atoms with E-state index in [2.05, 4.69) is 102 Å². The molecule has 2 nitrogen and oxygen atoms in total. The standard InChI is InChI=1S/C30H27NO/c1-22-28(19-23-9-5-3-6-10-23)29-20-26(25-13-16-27(32-2)17-14-25)15-18-30(29)31(22)21-24-11-7-4-8-12-24/h3-18,20H,19,21H2,1-2H3. The second-order valence-electron chi connectivity index (χ2n) is 8.26. The van der Waals surface area contributed by atoms with Crippen molar-refractivity contribution >= 4 is 10.9 Å². The Morgan fingerprint density at radius 2 is 1.31 bits per heavy atom. The smallest absolute Gasteiger partial charge is 0.118 e. The topological polar surface area (TPSA) is 14.2 Å². The van der Waals surface area contributed by atoms with Crippen LogP contribution in [-0.4, -0.2) is 11.7 Å². The van der Waals surface area contributed by atoms with Gasteiger partial charge in [0.1, 0.15) is 5.75 Å². The number of ether oxygens (including phenoxy) is 1. The molecule has 0 aliphatic carbocycles. The lowest BCUT2D eigenvalue weighted by molar-refractivity contribution is 0.415. The average molecular weight is 418 g/mol. The molecule has 5 aromatic rings. The fourth-order valence-electron chi connectivity index (χ4n) is 4.51. The maximum absolute atomic E-state index is 5.33. The van der Waals surface area contributed by atoms with Crippen molar-refractivity contribution in [3.63, 3.8) is 0 Å². The quantitative estimate of drug-likeness (QED) is 0.283. The van der Waals surface area contributed by atoms with Gasteiger partial charge in [0.05, 0.1) is 7.11 Å². The fraction of sp³-hybridized carbons (Fsp3) is 0.133. The van der Waals surface area contributed by atoms with Crippen LogP contribution in [0.4, 0.5) is 0 Å². The number of nitrogens with zero attached hydrogens (tertiary/aromatic N) is 1. The van der Waals surface area contributed by atoms with Gasteiger partial charge in [-0.3, -0.25) is 0 Å². The Balaban J connectivity index is 1.64. The van der Waals surface area contributed by atoms with Gasteiger partial charge < -0.3 is 9.30 Å². The highest BCUT2D eigenvalue weighted by Crippen LogP contribution is 2.33. The number of hydrogen-bond acceptors (Lipinski definition) is 1. The van der Waals surface area contributed by atoms with Gasteiger partial charge in [-0.15, -0.1) is 0 Å². The van der Waals surface area contributed by atoms with Crippen LogP contribution in [0.15, 0.2) is 103 Å². The molecule has 0 spiro atoms. The molecule has 1 aromatic heterocycles. The summed E-state index contributed by atoms with van der Waals surface area (Å²) in [5.41, 5.74) is 9.10. The molecule has 0 N–H and O–H groups in total. The molecule has 1 heterocycles. The zero-order valence-corrected chi connectivity index (χ0v) is 18.6. The molecule has 0 unspecified atom stereocenters. The average Bonchev–Trinajstić information content (AvgIpc) is 3.10. The number of fused-ring (bicyclic) bond motifs is 1. The van der Waals surface area contributed by atoms with E-state index in [0.29, 0.717) is 0 Å². The number of methoxy groups -OCH3 is 1. The van der Waals surface area contributed by atoms with Crippen molar-refractivity contribution in [3.8, 4) is 16.9 Å². The van der Waals surface area contributed by atoms with Gasteiger partial charge in [0.15, 0.2) is 0 Å². The maximum atomic E-state index is 5.33. The van der Waals surface area contributed by atoms with E-state index in [1.165, 1.54) is 44.4 Å². The van der Waals surface area contributed by atoms with Gasteiger partial charge >= 0.3 is 0 Å². The SMILES string of the molecule is COc1ccc(-c2ccc3c(c2)c(Cc2ccccc2)c(C)n3Cc2ccccc2)cc1. The third-order valence-electron chi connectivity index (χ3n) is 6.28. The van der Waals surface area contributed by atoms with Crippen LogP contribution >= 0.6 is 0 Å². The number of hydrogen-bond donors (Lipinski definition) is 0. The van der Waals surface area contributed by atoms with E-state index < -0.39 is 0 Å². The first-order valence-corrected chi connectivity index (χ1v) is 11.1. The van der Waals surface area contributed by atoms with Crippen LogP contribution in [0.3, 0.4) is 0 Å². The summed E-state index contributed by atoms with van der Waals surface area (Å²) >= 11 is 0. The predicted octanol–water partition coefficient (Wildman–Crippen LogP) is 7.26. The highest BCUT2D eigenvalue weighted by atomic mass is 16.5. The zero-order valence-electron chi connectivity index (χ0n) is 18.6. The molecule has 4 aromatic carbocycles. The van der Waals surface area contributed by atoms with Crippen LogP contribution in [-0.2, 0) is 13.0 Å². The van der Waals surface area contributed by atoms with E-state index in [1.54, 1.807) is 7.11 Å². The third kappa shape index (κ3) is 3.92. The molecule has 0 aliphatic heterocycles. The van der Waals surface area contributed by atoms with Crippen LogP contribution in [0.2, 0.25) is 0 Å². The lowest BCUT2D eigenvalue weighted by Gasteiger charge is -2.10. The zero-order chi connectivity index (χ0) is 21.9. The molecule has 0 saturated carbocycles. The molecular weight excluding hydrogens is 390 g/mol. The first-order chi connectivity index (χ1) is 15.7. The van der Waals surface area contributed by atoms with Crippen molar-refractivity contribution < 1.29 is 4.74 Å². The van der Waals surface area contributed by atoms with Crippen molar-refractivity contribution in [3.05, 3.63) is 126 Å². The minimum atomic E-state index is 0.875. The monoisotopic (exact) mass is 417 g/mol. The second-order valence-corrected chi connectivity index (χ2v) is 8.26. The summed E-state index contributed by atoms with van der Waals surface area (Å²) in [6, 6.07) is 36.6. The van der Waals surface area contributed by atoms with E-state index in [1.807, 2.05) is 12.1 Å². The minimum Gasteiger partial charge on any atom is -0.497 e. The van der Waals surface area contributed by atoms with E-state index in [4.69, 9.17) is 4.74 Å². The highest BCUT2D eigenvalue weighted by Gasteiger charge is 2.16. The van der Waals surface area contributed by atoms with Gasteiger partial charge in [0, 0.05) is 23.1 Å². The normalized spacial score (nSPS) is 11.1. The summed E-state index contributed by atoms with van der Waals surface area (Å²) in [5, 5.41) is 1.33. The van der Waals surface area contributed by atoms with Gasteiger partial charge in [0.25, 0.3) is 0 Å². The molecule has 0 saturated heterocycles. The summed E-state index contributed by atoms with van der Waals surface area (Å²) < 4.78 is 7.79. The Morgan fingerprint density at radius 1 is 0.688 bits per heavy atom.